The fraction of sp³-hybridized carbons (Fsp3) is 0.200. The molecule has 11 heteroatoms. The van der Waals surface area contributed by atoms with Gasteiger partial charge in [0.2, 0.25) is 0 Å². The van der Waals surface area contributed by atoms with Crippen LogP contribution in [-0.2, 0) is 6.42 Å². The molecule has 1 atom stereocenters. The molecule has 0 spiro atoms. The molecule has 0 aliphatic heterocycles. The monoisotopic (exact) mass is 343 g/mol. The Morgan fingerprint density at radius 3 is 2.19 bits per heavy atom. The first-order valence-corrected chi connectivity index (χ1v) is 8.62. The molecule has 0 saturated heterocycles. The number of aromatic nitrogens is 1. The van der Waals surface area contributed by atoms with Gasteiger partial charge in [-0.25, -0.2) is 9.79 Å². The number of aromatic amines is 1. The van der Waals surface area contributed by atoms with Crippen molar-refractivity contribution in [1.29, 1.82) is 0 Å². The minimum atomic E-state index is -5.70. The van der Waals surface area contributed by atoms with Crippen molar-refractivity contribution < 1.29 is 64.0 Å². The fourth-order valence-corrected chi connectivity index (χ4v) is 3.96. The third-order valence-corrected chi connectivity index (χ3v) is 6.72. The summed E-state index contributed by atoms with van der Waals surface area (Å²) in [6, 6.07) is 6.62. The smallest absolute Gasteiger partial charge is 0.654 e. The Bertz CT molecular complexity index is 608. The molecule has 1 aromatic heterocycles. The predicted octanol–water partition coefficient (Wildman–Crippen LogP) is -5.06. The Morgan fingerprint density at radius 1 is 1.10 bits per heavy atom. The zero-order valence-corrected chi connectivity index (χ0v) is 14.8. The summed E-state index contributed by atoms with van der Waals surface area (Å²) in [6.45, 7) is 0. The van der Waals surface area contributed by atoms with Gasteiger partial charge in [-0.2, -0.15) is 0 Å². The van der Waals surface area contributed by atoms with E-state index < -0.39 is 27.4 Å². The van der Waals surface area contributed by atoms with Crippen molar-refractivity contribution in [1.82, 2.24) is 4.98 Å². The van der Waals surface area contributed by atoms with Crippen LogP contribution in [0, 0.1) is 0 Å². The van der Waals surface area contributed by atoms with Gasteiger partial charge in [-0.3, -0.25) is 4.89 Å². The van der Waals surface area contributed by atoms with Crippen LogP contribution in [0.4, 0.5) is 0 Å². The molecule has 110 valence electrons. The predicted molar refractivity (Wildman–Crippen MR) is 67.4 cm³/mol. The normalized spacial score (nSPS) is 15.6. The molecule has 0 fully saturated rings. The molecule has 1 aromatic carbocycles. The number of para-hydroxylation sites is 1. The van der Waals surface area contributed by atoms with Crippen LogP contribution in [0.1, 0.15) is 5.56 Å². The number of fused-ring (bicyclic) bond motifs is 1. The van der Waals surface area contributed by atoms with Gasteiger partial charge in [0.1, 0.15) is 7.94 Å². The van der Waals surface area contributed by atoms with Crippen LogP contribution in [0.15, 0.2) is 30.5 Å². The minimum Gasteiger partial charge on any atom is -0.654 e. The summed E-state index contributed by atoms with van der Waals surface area (Å²) in [5, 5.41) is 6.76. The SMILES string of the molecule is [Na+].[O-][P+]([O-])(O)C(O)(Cc1c[nH]c2ccccc12)[P+]([O-])(O)O. The van der Waals surface area contributed by atoms with Gasteiger partial charge < -0.3 is 24.8 Å². The van der Waals surface area contributed by atoms with E-state index >= 15 is 0 Å². The summed E-state index contributed by atoms with van der Waals surface area (Å²) in [5.74, 6) is 0. The second-order valence-corrected chi connectivity index (χ2v) is 8.34. The minimum absolute atomic E-state index is 0. The molecule has 5 N–H and O–H groups in total. The second-order valence-electron chi connectivity index (χ2n) is 4.38. The van der Waals surface area contributed by atoms with Crippen molar-refractivity contribution in [2.45, 2.75) is 11.5 Å². The van der Waals surface area contributed by atoms with Crippen molar-refractivity contribution in [3.8, 4) is 0 Å². The van der Waals surface area contributed by atoms with Crippen molar-refractivity contribution in [2.75, 3.05) is 0 Å². The van der Waals surface area contributed by atoms with E-state index in [1.807, 2.05) is 0 Å². The van der Waals surface area contributed by atoms with Crippen LogP contribution >= 0.6 is 15.9 Å². The summed E-state index contributed by atoms with van der Waals surface area (Å²) >= 11 is 0. The third-order valence-electron chi connectivity index (χ3n) is 3.02. The molecule has 2 aromatic rings. The molecular weight excluding hydrogens is 331 g/mol. The third kappa shape index (κ3) is 3.64. The molecule has 8 nitrogen and oxygen atoms in total. The Labute approximate surface area is 143 Å². The first kappa shape index (κ1) is 19.4. The maximum atomic E-state index is 11.3. The number of nitrogens with one attached hydrogen (secondary N) is 1. The van der Waals surface area contributed by atoms with Gasteiger partial charge in [0, 0.05) is 17.1 Å². The number of hydrogen-bond acceptors (Lipinski definition) is 7. The second kappa shape index (κ2) is 6.45. The van der Waals surface area contributed by atoms with Gasteiger partial charge >= 0.3 is 42.6 Å². The van der Waals surface area contributed by atoms with E-state index in [-0.39, 0.29) is 35.1 Å². The average molecular weight is 343 g/mol. The molecule has 2 rings (SSSR count). The zero-order chi connectivity index (χ0) is 15.2. The van der Waals surface area contributed by atoms with Crippen LogP contribution in [0.3, 0.4) is 0 Å². The zero-order valence-electron chi connectivity index (χ0n) is 11.0. The molecule has 0 bridgehead atoms. The summed E-state index contributed by atoms with van der Waals surface area (Å²) in [7, 11) is -11.2. The molecule has 1 heterocycles. The molecule has 0 aliphatic rings. The number of rotatable bonds is 4. The van der Waals surface area contributed by atoms with Gasteiger partial charge in [-0.15, -0.1) is 0 Å². The average Bonchev–Trinajstić information content (AvgIpc) is 2.70. The van der Waals surface area contributed by atoms with E-state index in [2.05, 4.69) is 4.98 Å². The molecule has 21 heavy (non-hydrogen) atoms. The van der Waals surface area contributed by atoms with E-state index in [0.29, 0.717) is 10.9 Å². The van der Waals surface area contributed by atoms with E-state index in [4.69, 9.17) is 14.7 Å². The first-order chi connectivity index (χ1) is 9.06. The van der Waals surface area contributed by atoms with E-state index in [9.17, 15) is 19.8 Å². The van der Waals surface area contributed by atoms with Gasteiger partial charge in [0.25, 0.3) is 0 Å². The fourth-order valence-electron chi connectivity index (χ4n) is 1.90. The maximum absolute atomic E-state index is 11.3. The van der Waals surface area contributed by atoms with Gasteiger partial charge in [-0.05, 0) is 11.6 Å². The Balaban J connectivity index is 0.00000220. The van der Waals surface area contributed by atoms with Crippen LogP contribution in [0.5, 0.6) is 0 Å². The molecule has 0 saturated carbocycles. The van der Waals surface area contributed by atoms with Gasteiger partial charge in [0.05, 0.1) is 6.42 Å². The summed E-state index contributed by atoms with van der Waals surface area (Å²) in [5.41, 5.74) is 0.769. The van der Waals surface area contributed by atoms with Crippen molar-refractivity contribution in [2.24, 2.45) is 0 Å². The number of hydrogen-bond donors (Lipinski definition) is 5. The molecule has 1 unspecified atom stereocenters. The topological polar surface area (TPSA) is 166 Å². The maximum Gasteiger partial charge on any atom is 1.00 e. The Kier molecular flexibility index (Phi) is 5.96. The van der Waals surface area contributed by atoms with Gasteiger partial charge in [-0.1, -0.05) is 18.2 Å². The number of H-pyrrole nitrogens is 1. The Morgan fingerprint density at radius 2 is 1.67 bits per heavy atom. The van der Waals surface area contributed by atoms with Crippen molar-refractivity contribution >= 4 is 26.8 Å². The number of benzene rings is 1. The largest absolute Gasteiger partial charge is 1.00 e. The van der Waals surface area contributed by atoms with Crippen LogP contribution in [0.25, 0.3) is 10.9 Å². The summed E-state index contributed by atoms with van der Waals surface area (Å²) in [6.07, 6.45) is 0.388. The van der Waals surface area contributed by atoms with Crippen LogP contribution < -0.4 is 44.2 Å². The summed E-state index contributed by atoms with van der Waals surface area (Å²) in [4.78, 5) is 63.5. The molecule has 0 aliphatic carbocycles. The van der Waals surface area contributed by atoms with E-state index in [0.717, 1.165) is 0 Å². The van der Waals surface area contributed by atoms with Crippen LogP contribution in [-0.4, -0.2) is 29.9 Å². The summed E-state index contributed by atoms with van der Waals surface area (Å²) < 4.78 is 0. The Hall–Kier alpha value is 0.340. The quantitative estimate of drug-likeness (QED) is 0.274. The van der Waals surface area contributed by atoms with Crippen molar-refractivity contribution in [3.05, 3.63) is 36.0 Å². The molecule has 0 radical (unpaired) electrons. The first-order valence-electron chi connectivity index (χ1n) is 5.43. The standard InChI is InChI=1S/C10H13NO7P2.Na/c12-10(19(13,14)15,20(16,17)18)5-7-6-11-9-4-2-1-3-8(7)9;/h1-4,6,11-12H,5H2,(H2,13,14,15)(H2,16,17,18);/q;+1/p-1. The van der Waals surface area contributed by atoms with E-state index in [1.54, 1.807) is 24.3 Å². The van der Waals surface area contributed by atoms with E-state index in [1.165, 1.54) is 6.20 Å². The van der Waals surface area contributed by atoms with Gasteiger partial charge in [0.15, 0.2) is 0 Å². The van der Waals surface area contributed by atoms with Crippen molar-refractivity contribution in [3.63, 3.8) is 0 Å². The number of aliphatic hydroxyl groups is 1. The molecular formula is C10H12NNaO7P2. The molecule has 0 amide bonds. The van der Waals surface area contributed by atoms with Crippen LogP contribution in [0.2, 0.25) is 0 Å².